The quantitative estimate of drug-likeness (QED) is 0.323. The summed E-state index contributed by atoms with van der Waals surface area (Å²) in [7, 11) is 0. The van der Waals surface area contributed by atoms with Crippen molar-refractivity contribution in [3.63, 3.8) is 0 Å². The highest BCUT2D eigenvalue weighted by Gasteiger charge is 2.35. The third-order valence-electron chi connectivity index (χ3n) is 6.43. The second-order valence-electron chi connectivity index (χ2n) is 10.9. The summed E-state index contributed by atoms with van der Waals surface area (Å²) in [5.41, 5.74) is -1.43. The maximum absolute atomic E-state index is 13.3. The van der Waals surface area contributed by atoms with Gasteiger partial charge in [-0.2, -0.15) is 13.2 Å². The first-order valence-corrected chi connectivity index (χ1v) is 13.5. The van der Waals surface area contributed by atoms with Gasteiger partial charge in [-0.3, -0.25) is 4.79 Å². The zero-order chi connectivity index (χ0) is 29.6. The number of nitrogens with zero attached hydrogens (tertiary/aromatic N) is 4. The molecule has 41 heavy (non-hydrogen) atoms. The van der Waals surface area contributed by atoms with E-state index in [9.17, 15) is 22.8 Å². The van der Waals surface area contributed by atoms with Crippen LogP contribution >= 0.6 is 0 Å². The van der Waals surface area contributed by atoms with Gasteiger partial charge in [0.05, 0.1) is 11.1 Å². The first-order chi connectivity index (χ1) is 19.4. The number of ether oxygens (including phenoxy) is 1. The molecule has 0 saturated carbocycles. The van der Waals surface area contributed by atoms with Crippen molar-refractivity contribution in [1.29, 1.82) is 0 Å². The largest absolute Gasteiger partial charge is 0.443 e. The minimum atomic E-state index is -4.66. The number of benzene rings is 2. The number of likely N-dealkylation sites (tertiary alicyclic amines) is 1. The maximum atomic E-state index is 13.3. The van der Waals surface area contributed by atoms with Gasteiger partial charge in [-0.25, -0.2) is 9.69 Å². The van der Waals surface area contributed by atoms with E-state index in [-0.39, 0.29) is 17.6 Å². The normalized spacial score (nSPS) is 14.5. The fourth-order valence-electron chi connectivity index (χ4n) is 4.48. The topological polar surface area (TPSA) is 101 Å². The van der Waals surface area contributed by atoms with E-state index in [0.717, 1.165) is 31.8 Å². The smallest absolute Gasteiger partial charge is 0.418 e. The Hall–Kier alpha value is -3.93. The minimum absolute atomic E-state index is 0.00553. The van der Waals surface area contributed by atoms with Gasteiger partial charge in [0.2, 0.25) is 5.89 Å². The Morgan fingerprint density at radius 3 is 2.34 bits per heavy atom. The van der Waals surface area contributed by atoms with E-state index in [2.05, 4.69) is 20.4 Å². The number of alkyl halides is 3. The summed E-state index contributed by atoms with van der Waals surface area (Å²) in [5, 5.41) is 10.6. The Balaban J connectivity index is 1.45. The van der Waals surface area contributed by atoms with Crippen LogP contribution in [0.15, 0.2) is 52.9 Å². The molecular weight excluding hydrogens is 539 g/mol. The van der Waals surface area contributed by atoms with Crippen molar-refractivity contribution in [3.05, 3.63) is 59.7 Å². The van der Waals surface area contributed by atoms with Gasteiger partial charge < -0.3 is 19.4 Å². The number of halogens is 3. The lowest BCUT2D eigenvalue weighted by atomic mass is 10.1. The lowest BCUT2D eigenvalue weighted by molar-refractivity contribution is -0.137. The number of rotatable bonds is 8. The zero-order valence-electron chi connectivity index (χ0n) is 23.3. The average Bonchev–Trinajstić information content (AvgIpc) is 3.40. The van der Waals surface area contributed by atoms with Crippen molar-refractivity contribution in [2.45, 2.75) is 58.2 Å². The molecule has 1 saturated heterocycles. The van der Waals surface area contributed by atoms with E-state index in [1.807, 2.05) is 0 Å². The van der Waals surface area contributed by atoms with Crippen molar-refractivity contribution in [3.8, 4) is 11.5 Å². The second-order valence-corrected chi connectivity index (χ2v) is 10.9. The fourth-order valence-corrected chi connectivity index (χ4v) is 4.48. The molecule has 3 aromatic rings. The highest BCUT2D eigenvalue weighted by atomic mass is 19.4. The lowest BCUT2D eigenvalue weighted by Gasteiger charge is -2.28. The molecule has 0 bridgehead atoms. The van der Waals surface area contributed by atoms with Crippen LogP contribution in [0.1, 0.15) is 62.4 Å². The third-order valence-corrected chi connectivity index (χ3v) is 6.43. The Labute approximate surface area is 236 Å². The van der Waals surface area contributed by atoms with Crippen LogP contribution in [0.25, 0.3) is 11.5 Å². The predicted octanol–water partition coefficient (Wildman–Crippen LogP) is 6.63. The molecule has 2 heterocycles. The number of amides is 2. The Morgan fingerprint density at radius 2 is 1.68 bits per heavy atom. The molecule has 0 spiro atoms. The molecule has 0 unspecified atom stereocenters. The van der Waals surface area contributed by atoms with Gasteiger partial charge in [-0.1, -0.05) is 23.7 Å². The van der Waals surface area contributed by atoms with E-state index in [1.165, 1.54) is 48.4 Å². The number of anilines is 2. The molecule has 0 aliphatic carbocycles. The van der Waals surface area contributed by atoms with Crippen LogP contribution in [-0.4, -0.2) is 58.9 Å². The second kappa shape index (κ2) is 12.7. The Morgan fingerprint density at radius 1 is 1.00 bits per heavy atom. The Kier molecular flexibility index (Phi) is 9.31. The summed E-state index contributed by atoms with van der Waals surface area (Å²) in [6.45, 7) is 8.58. The van der Waals surface area contributed by atoms with Crippen molar-refractivity contribution < 1.29 is 31.9 Å². The van der Waals surface area contributed by atoms with Gasteiger partial charge in [0.1, 0.15) is 5.60 Å². The number of aromatic nitrogens is 2. The summed E-state index contributed by atoms with van der Waals surface area (Å²) in [4.78, 5) is 29.3. The number of carbonyl (C=O) groups excluding carboxylic acids is 2. The molecule has 4 rings (SSSR count). The summed E-state index contributed by atoms with van der Waals surface area (Å²) in [5.74, 6) is -0.756. The van der Waals surface area contributed by atoms with Crippen molar-refractivity contribution >= 4 is 23.7 Å². The van der Waals surface area contributed by atoms with E-state index >= 15 is 0 Å². The molecule has 0 radical (unpaired) electrons. The first kappa shape index (κ1) is 30.0. The van der Waals surface area contributed by atoms with E-state index in [1.54, 1.807) is 32.9 Å². The zero-order valence-corrected chi connectivity index (χ0v) is 23.3. The number of piperidine rings is 1. The van der Waals surface area contributed by atoms with Gasteiger partial charge >= 0.3 is 18.3 Å². The minimum Gasteiger partial charge on any atom is -0.443 e. The highest BCUT2D eigenvalue weighted by Crippen LogP contribution is 2.32. The van der Waals surface area contributed by atoms with Gasteiger partial charge in [0, 0.05) is 17.8 Å². The number of nitrogens with one attached hydrogen (secondary N) is 1. The van der Waals surface area contributed by atoms with Gasteiger partial charge in [0.15, 0.2) is 0 Å². The summed E-state index contributed by atoms with van der Waals surface area (Å²) >= 11 is 0. The SMILES string of the molecule is CC(C)(C)OC(=O)N(CCCN1CCCCC1)c1nnc(-c2ccc(NC(=O)c3ccccc3C(F)(F)F)cc2)o1. The van der Waals surface area contributed by atoms with Crippen molar-refractivity contribution in [2.24, 2.45) is 0 Å². The highest BCUT2D eigenvalue weighted by molar-refractivity contribution is 6.05. The number of hydrogen-bond donors (Lipinski definition) is 1. The van der Waals surface area contributed by atoms with E-state index in [0.29, 0.717) is 18.5 Å². The van der Waals surface area contributed by atoms with Gasteiger partial charge in [-0.15, -0.1) is 5.10 Å². The summed E-state index contributed by atoms with van der Waals surface area (Å²) in [6, 6.07) is 10.8. The van der Waals surface area contributed by atoms with Crippen LogP contribution in [0, 0.1) is 0 Å². The molecule has 1 aliphatic heterocycles. The number of hydrogen-bond acceptors (Lipinski definition) is 7. The molecule has 2 aromatic carbocycles. The molecule has 12 heteroatoms. The molecule has 0 atom stereocenters. The molecule has 1 aliphatic rings. The standard InChI is InChI=1S/C29H34F3N5O4/c1-28(2,3)41-27(39)37(19-9-18-36-16-7-4-8-17-36)26-35-34-25(40-26)20-12-14-21(15-13-20)33-24(38)22-10-5-6-11-23(22)29(30,31)32/h5-6,10-15H,4,7-9,16-19H2,1-3H3,(H,33,38). The molecule has 9 nitrogen and oxygen atoms in total. The lowest BCUT2D eigenvalue weighted by Crippen LogP contribution is -2.39. The predicted molar refractivity (Wildman–Crippen MR) is 148 cm³/mol. The summed E-state index contributed by atoms with van der Waals surface area (Å²) < 4.78 is 51.3. The summed E-state index contributed by atoms with van der Waals surface area (Å²) in [6.07, 6.45) is -0.969. The molecule has 220 valence electrons. The fraction of sp³-hybridized carbons (Fsp3) is 0.448. The maximum Gasteiger partial charge on any atom is 0.418 e. The van der Waals surface area contributed by atoms with E-state index in [4.69, 9.17) is 9.15 Å². The van der Waals surface area contributed by atoms with Crippen molar-refractivity contribution in [2.75, 3.05) is 36.4 Å². The van der Waals surface area contributed by atoms with Crippen LogP contribution in [0.3, 0.4) is 0 Å². The van der Waals surface area contributed by atoms with Gasteiger partial charge in [-0.05, 0) is 96.1 Å². The van der Waals surface area contributed by atoms with Crippen LogP contribution in [-0.2, 0) is 10.9 Å². The molecular formula is C29H34F3N5O4. The first-order valence-electron chi connectivity index (χ1n) is 13.5. The molecule has 1 fully saturated rings. The van der Waals surface area contributed by atoms with Crippen LogP contribution in [0.5, 0.6) is 0 Å². The van der Waals surface area contributed by atoms with Crippen LogP contribution in [0.4, 0.5) is 29.7 Å². The Bertz CT molecular complexity index is 1330. The molecule has 2 amide bonds. The average molecular weight is 574 g/mol. The van der Waals surface area contributed by atoms with Crippen LogP contribution < -0.4 is 10.2 Å². The van der Waals surface area contributed by atoms with Crippen LogP contribution in [0.2, 0.25) is 0 Å². The molecule has 1 N–H and O–H groups in total. The molecule has 1 aromatic heterocycles. The number of carbonyl (C=O) groups is 2. The van der Waals surface area contributed by atoms with Gasteiger partial charge in [0.25, 0.3) is 5.91 Å². The third kappa shape index (κ3) is 8.29. The van der Waals surface area contributed by atoms with Crippen molar-refractivity contribution in [1.82, 2.24) is 15.1 Å². The van der Waals surface area contributed by atoms with E-state index < -0.39 is 34.9 Å². The monoisotopic (exact) mass is 573 g/mol.